The Labute approximate surface area is 116 Å². The molecular weight excluding hydrogens is 323 g/mol. The fourth-order valence-corrected chi connectivity index (χ4v) is 1.76. The number of carboxylic acids is 1. The van der Waals surface area contributed by atoms with Gasteiger partial charge in [0, 0.05) is 12.1 Å². The molecule has 0 aliphatic carbocycles. The van der Waals surface area contributed by atoms with Gasteiger partial charge in [-0.1, -0.05) is 5.92 Å². The Bertz CT molecular complexity index is 571. The van der Waals surface area contributed by atoms with Crippen molar-refractivity contribution in [3.05, 3.63) is 32.5 Å². The monoisotopic (exact) mass is 330 g/mol. The second kappa shape index (κ2) is 6.15. The number of carbonyl (C=O) groups is 1. The van der Waals surface area contributed by atoms with Crippen LogP contribution in [0.1, 0.15) is 0 Å². The zero-order chi connectivity index (χ0) is 14.6. The number of aliphatic carboxylic acids is 1. The third-order valence-corrected chi connectivity index (χ3v) is 2.77. The van der Waals surface area contributed by atoms with Crippen LogP contribution < -0.4 is 4.90 Å². The lowest BCUT2D eigenvalue weighted by molar-refractivity contribution is -0.384. The Morgan fingerprint density at radius 1 is 1.63 bits per heavy atom. The van der Waals surface area contributed by atoms with Crippen LogP contribution in [0.4, 0.5) is 15.8 Å². The fraction of sp³-hybridized carbons (Fsp3) is 0.182. The molecule has 1 aromatic rings. The molecular formula is C11H8BrFN2O4. The minimum absolute atomic E-state index is 0.0843. The number of halogens is 2. The van der Waals surface area contributed by atoms with Gasteiger partial charge in [-0.25, -0.2) is 4.39 Å². The highest BCUT2D eigenvalue weighted by Gasteiger charge is 2.23. The van der Waals surface area contributed by atoms with Gasteiger partial charge in [0.05, 0.1) is 15.9 Å². The second-order valence-corrected chi connectivity index (χ2v) is 4.32. The predicted molar refractivity (Wildman–Crippen MR) is 69.4 cm³/mol. The van der Waals surface area contributed by atoms with E-state index in [4.69, 9.17) is 11.5 Å². The second-order valence-electron chi connectivity index (χ2n) is 3.47. The van der Waals surface area contributed by atoms with Crippen LogP contribution in [-0.4, -0.2) is 29.1 Å². The van der Waals surface area contributed by atoms with Crippen molar-refractivity contribution in [3.63, 3.8) is 0 Å². The van der Waals surface area contributed by atoms with Crippen molar-refractivity contribution in [2.75, 3.05) is 18.0 Å². The number of hydrogen-bond acceptors (Lipinski definition) is 4. The molecule has 0 aliphatic heterocycles. The summed E-state index contributed by atoms with van der Waals surface area (Å²) in [5, 5.41) is 19.7. The van der Waals surface area contributed by atoms with Gasteiger partial charge in [-0.05, 0) is 15.9 Å². The number of anilines is 1. The molecule has 0 bridgehead atoms. The van der Waals surface area contributed by atoms with Crippen LogP contribution in [0.3, 0.4) is 0 Å². The van der Waals surface area contributed by atoms with Gasteiger partial charge < -0.3 is 10.0 Å². The first-order valence-corrected chi connectivity index (χ1v) is 5.69. The SMILES string of the molecule is C#CCN(CC(=O)O)c1cc(F)c(Br)cc1[N+](=O)[O-]. The largest absolute Gasteiger partial charge is 0.480 e. The van der Waals surface area contributed by atoms with Crippen LogP contribution in [-0.2, 0) is 4.79 Å². The number of benzene rings is 1. The molecule has 0 saturated carbocycles. The molecule has 8 heteroatoms. The molecule has 0 aliphatic rings. The summed E-state index contributed by atoms with van der Waals surface area (Å²) < 4.78 is 13.4. The van der Waals surface area contributed by atoms with E-state index in [-0.39, 0.29) is 16.7 Å². The van der Waals surface area contributed by atoms with E-state index in [0.717, 1.165) is 17.0 Å². The first-order valence-electron chi connectivity index (χ1n) is 4.90. The Balaban J connectivity index is 3.35. The Morgan fingerprint density at radius 3 is 2.74 bits per heavy atom. The number of nitro groups is 1. The van der Waals surface area contributed by atoms with Gasteiger partial charge in [-0.3, -0.25) is 14.9 Å². The third kappa shape index (κ3) is 3.66. The number of carboxylic acid groups (broad SMARTS) is 1. The molecule has 0 saturated heterocycles. The molecule has 100 valence electrons. The van der Waals surface area contributed by atoms with Crippen LogP contribution >= 0.6 is 15.9 Å². The molecule has 0 heterocycles. The van der Waals surface area contributed by atoms with Crippen molar-refractivity contribution < 1.29 is 19.2 Å². The van der Waals surface area contributed by atoms with Gasteiger partial charge in [0.15, 0.2) is 0 Å². The summed E-state index contributed by atoms with van der Waals surface area (Å²) in [6.45, 7) is -0.750. The standard InChI is InChI=1S/C11H8BrFN2O4/c1-2-3-14(6-11(16)17)9-5-8(13)7(12)4-10(9)15(18)19/h1,4-5H,3,6H2,(H,16,17). The summed E-state index contributed by atoms with van der Waals surface area (Å²) in [6, 6.07) is 1.85. The average Bonchev–Trinajstić information content (AvgIpc) is 2.30. The van der Waals surface area contributed by atoms with Crippen LogP contribution in [0.5, 0.6) is 0 Å². The van der Waals surface area contributed by atoms with Crippen LogP contribution in [0, 0.1) is 28.3 Å². The molecule has 6 nitrogen and oxygen atoms in total. The number of nitrogens with zero attached hydrogens (tertiary/aromatic N) is 2. The lowest BCUT2D eigenvalue weighted by Crippen LogP contribution is -2.30. The highest BCUT2D eigenvalue weighted by Crippen LogP contribution is 2.33. The zero-order valence-electron chi connectivity index (χ0n) is 9.47. The molecule has 0 atom stereocenters. The number of hydrogen-bond donors (Lipinski definition) is 1. The predicted octanol–water partition coefficient (Wildman–Crippen LogP) is 2.02. The highest BCUT2D eigenvalue weighted by atomic mass is 79.9. The van der Waals surface area contributed by atoms with Gasteiger partial charge in [0.1, 0.15) is 18.0 Å². The topological polar surface area (TPSA) is 83.7 Å². The Kier molecular flexibility index (Phi) is 4.83. The lowest BCUT2D eigenvalue weighted by Gasteiger charge is -2.20. The number of rotatable bonds is 5. The van der Waals surface area contributed by atoms with Crippen molar-refractivity contribution >= 4 is 33.3 Å². The molecule has 0 fully saturated rings. The molecule has 0 unspecified atom stereocenters. The van der Waals surface area contributed by atoms with Gasteiger partial charge in [0.25, 0.3) is 5.69 Å². The van der Waals surface area contributed by atoms with Crippen molar-refractivity contribution in [1.82, 2.24) is 0 Å². The average molecular weight is 331 g/mol. The minimum Gasteiger partial charge on any atom is -0.480 e. The van der Waals surface area contributed by atoms with Gasteiger partial charge >= 0.3 is 5.97 Å². The Hall–Kier alpha value is -2.14. The van der Waals surface area contributed by atoms with E-state index in [2.05, 4.69) is 21.9 Å². The highest BCUT2D eigenvalue weighted by molar-refractivity contribution is 9.10. The van der Waals surface area contributed by atoms with E-state index >= 15 is 0 Å². The maximum Gasteiger partial charge on any atom is 0.323 e. The lowest BCUT2D eigenvalue weighted by atomic mass is 10.2. The fourth-order valence-electron chi connectivity index (χ4n) is 1.43. The van der Waals surface area contributed by atoms with Crippen molar-refractivity contribution in [2.24, 2.45) is 0 Å². The van der Waals surface area contributed by atoms with Crippen LogP contribution in [0.2, 0.25) is 0 Å². The molecule has 0 radical (unpaired) electrons. The van der Waals surface area contributed by atoms with Crippen molar-refractivity contribution in [2.45, 2.75) is 0 Å². The van der Waals surface area contributed by atoms with Crippen LogP contribution in [0.25, 0.3) is 0 Å². The summed E-state index contributed by atoms with van der Waals surface area (Å²) in [5.41, 5.74) is -0.601. The van der Waals surface area contributed by atoms with Gasteiger partial charge in [0.2, 0.25) is 0 Å². The molecule has 19 heavy (non-hydrogen) atoms. The summed E-state index contributed by atoms with van der Waals surface area (Å²) in [7, 11) is 0. The van der Waals surface area contributed by atoms with Gasteiger partial charge in [-0.2, -0.15) is 0 Å². The van der Waals surface area contributed by atoms with Gasteiger partial charge in [-0.15, -0.1) is 6.42 Å². The summed E-state index contributed by atoms with van der Waals surface area (Å²) >= 11 is 2.83. The molecule has 1 aromatic carbocycles. The Morgan fingerprint density at radius 2 is 2.26 bits per heavy atom. The van der Waals surface area contributed by atoms with E-state index in [0.29, 0.717) is 0 Å². The quantitative estimate of drug-likeness (QED) is 0.507. The summed E-state index contributed by atoms with van der Waals surface area (Å²) in [5.74, 6) is 0.206. The zero-order valence-corrected chi connectivity index (χ0v) is 11.1. The summed E-state index contributed by atoms with van der Waals surface area (Å²) in [4.78, 5) is 21.9. The maximum atomic E-state index is 13.5. The molecule has 1 N–H and O–H groups in total. The molecule has 0 spiro atoms. The molecule has 1 rings (SSSR count). The summed E-state index contributed by atoms with van der Waals surface area (Å²) in [6.07, 6.45) is 5.08. The normalized spacial score (nSPS) is 9.74. The number of nitro benzene ring substituents is 1. The van der Waals surface area contributed by atoms with E-state index in [9.17, 15) is 19.3 Å². The minimum atomic E-state index is -1.23. The van der Waals surface area contributed by atoms with E-state index < -0.39 is 28.9 Å². The van der Waals surface area contributed by atoms with E-state index in [1.807, 2.05) is 0 Å². The maximum absolute atomic E-state index is 13.5. The third-order valence-electron chi connectivity index (χ3n) is 2.16. The smallest absolute Gasteiger partial charge is 0.323 e. The van der Waals surface area contributed by atoms with E-state index in [1.54, 1.807) is 0 Å². The molecule has 0 amide bonds. The molecule has 0 aromatic heterocycles. The van der Waals surface area contributed by atoms with E-state index in [1.165, 1.54) is 0 Å². The van der Waals surface area contributed by atoms with Crippen molar-refractivity contribution in [1.29, 1.82) is 0 Å². The van der Waals surface area contributed by atoms with Crippen LogP contribution in [0.15, 0.2) is 16.6 Å². The first kappa shape index (κ1) is 14.9. The first-order chi connectivity index (χ1) is 8.86. The number of terminal acetylenes is 1. The van der Waals surface area contributed by atoms with Crippen molar-refractivity contribution in [3.8, 4) is 12.3 Å².